The van der Waals surface area contributed by atoms with Gasteiger partial charge in [0.25, 0.3) is 5.91 Å². The van der Waals surface area contributed by atoms with Crippen LogP contribution in [0.3, 0.4) is 0 Å². The summed E-state index contributed by atoms with van der Waals surface area (Å²) in [6.07, 6.45) is 6.10. The van der Waals surface area contributed by atoms with Gasteiger partial charge in [-0.05, 0) is 48.4 Å². The molecule has 0 saturated heterocycles. The van der Waals surface area contributed by atoms with Crippen LogP contribution in [-0.4, -0.2) is 5.91 Å². The molecule has 0 saturated carbocycles. The van der Waals surface area contributed by atoms with Crippen molar-refractivity contribution in [3.63, 3.8) is 0 Å². The monoisotopic (exact) mass is 361 g/mol. The first-order chi connectivity index (χ1) is 13.2. The Bertz CT molecular complexity index is 859. The fourth-order valence-electron chi connectivity index (χ4n) is 2.80. The zero-order valence-electron chi connectivity index (χ0n) is 15.8. The largest absolute Gasteiger partial charge is 0.457 e. The Hall–Kier alpha value is -3.14. The van der Waals surface area contributed by atoms with Gasteiger partial charge in [-0.25, -0.2) is 0 Å². The molecule has 3 aromatic rings. The molecule has 138 valence electrons. The van der Waals surface area contributed by atoms with Crippen molar-refractivity contribution in [2.75, 3.05) is 5.32 Å². The molecule has 0 aliphatic carbocycles. The van der Waals surface area contributed by atoms with Gasteiger partial charge in [0.05, 0.1) is 0 Å². The van der Waals surface area contributed by atoms with Crippen LogP contribution in [0.15, 0.2) is 79.1 Å². The van der Waals surface area contributed by atoms with Gasteiger partial charge < -0.3 is 10.1 Å². The normalized spacial score (nSPS) is 11.6. The highest BCUT2D eigenvalue weighted by Gasteiger charge is 2.21. The van der Waals surface area contributed by atoms with Crippen LogP contribution in [0.25, 0.3) is 0 Å². The summed E-state index contributed by atoms with van der Waals surface area (Å²) < 4.78 is 7.69. The maximum Gasteiger partial charge on any atom is 0.293 e. The van der Waals surface area contributed by atoms with Crippen LogP contribution in [0, 0.1) is 0 Å². The van der Waals surface area contributed by atoms with Crippen molar-refractivity contribution in [3.05, 3.63) is 84.7 Å². The Morgan fingerprint density at radius 3 is 2.22 bits per heavy atom. The summed E-state index contributed by atoms with van der Waals surface area (Å²) in [5.41, 5.74) is 2.03. The molecule has 0 radical (unpaired) electrons. The van der Waals surface area contributed by atoms with Gasteiger partial charge in [0.1, 0.15) is 11.5 Å². The molecular formula is C23H25N2O2+. The number of pyridine rings is 1. The molecule has 1 N–H and O–H groups in total. The van der Waals surface area contributed by atoms with Gasteiger partial charge in [-0.2, -0.15) is 4.57 Å². The van der Waals surface area contributed by atoms with E-state index in [0.717, 1.165) is 30.0 Å². The van der Waals surface area contributed by atoms with Crippen molar-refractivity contribution >= 4 is 11.6 Å². The predicted octanol–water partition coefficient (Wildman–Crippen LogP) is 4.92. The molecule has 4 heteroatoms. The van der Waals surface area contributed by atoms with Crippen molar-refractivity contribution < 1.29 is 14.1 Å². The van der Waals surface area contributed by atoms with E-state index >= 15 is 0 Å². The number of nitrogens with one attached hydrogen (secondary N) is 1. The molecule has 4 nitrogen and oxygen atoms in total. The molecule has 0 aliphatic rings. The van der Waals surface area contributed by atoms with Crippen molar-refractivity contribution in [1.82, 2.24) is 0 Å². The van der Waals surface area contributed by atoms with E-state index < -0.39 is 0 Å². The maximum atomic E-state index is 12.5. The third-order valence-corrected chi connectivity index (χ3v) is 4.39. The van der Waals surface area contributed by atoms with Crippen LogP contribution in [0.2, 0.25) is 0 Å². The summed E-state index contributed by atoms with van der Waals surface area (Å²) in [5, 5.41) is 2.96. The Labute approximate surface area is 160 Å². The summed E-state index contributed by atoms with van der Waals surface area (Å²) in [5.74, 6) is 1.46. The minimum Gasteiger partial charge on any atom is -0.457 e. The number of carbonyl (C=O) groups excluding carboxylic acids is 1. The zero-order valence-corrected chi connectivity index (χ0v) is 15.8. The molecular weight excluding hydrogens is 336 g/mol. The Morgan fingerprint density at radius 2 is 1.59 bits per heavy atom. The summed E-state index contributed by atoms with van der Waals surface area (Å²) >= 11 is 0. The van der Waals surface area contributed by atoms with Gasteiger partial charge in [0, 0.05) is 24.7 Å². The second-order valence-corrected chi connectivity index (χ2v) is 6.51. The minimum absolute atomic E-state index is 0.0556. The van der Waals surface area contributed by atoms with E-state index in [9.17, 15) is 4.79 Å². The SMILES string of the molecule is CCCc1cc[n+]([C@H](C)C(=O)Nc2ccc(Oc3ccccc3)cc2)cc1. The fourth-order valence-corrected chi connectivity index (χ4v) is 2.80. The fraction of sp³-hybridized carbons (Fsp3) is 0.217. The average Bonchev–Trinajstić information content (AvgIpc) is 2.70. The topological polar surface area (TPSA) is 42.2 Å². The first kappa shape index (κ1) is 18.6. The van der Waals surface area contributed by atoms with Crippen LogP contribution >= 0.6 is 0 Å². The highest BCUT2D eigenvalue weighted by atomic mass is 16.5. The number of hydrogen-bond acceptors (Lipinski definition) is 2. The number of anilines is 1. The van der Waals surface area contributed by atoms with Gasteiger partial charge in [-0.15, -0.1) is 0 Å². The number of hydrogen-bond donors (Lipinski definition) is 1. The molecule has 1 atom stereocenters. The second-order valence-electron chi connectivity index (χ2n) is 6.51. The highest BCUT2D eigenvalue weighted by molar-refractivity contribution is 5.92. The van der Waals surface area contributed by atoms with Crippen LogP contribution < -0.4 is 14.6 Å². The summed E-state index contributed by atoms with van der Waals surface area (Å²) in [7, 11) is 0. The molecule has 0 bridgehead atoms. The molecule has 2 aromatic carbocycles. The van der Waals surface area contributed by atoms with Crippen molar-refractivity contribution in [3.8, 4) is 11.5 Å². The van der Waals surface area contributed by atoms with Crippen LogP contribution in [0.5, 0.6) is 11.5 Å². The molecule has 0 aliphatic heterocycles. The van der Waals surface area contributed by atoms with Gasteiger partial charge >= 0.3 is 0 Å². The van der Waals surface area contributed by atoms with Crippen molar-refractivity contribution in [2.24, 2.45) is 0 Å². The first-order valence-electron chi connectivity index (χ1n) is 9.29. The molecule has 0 unspecified atom stereocenters. The van der Waals surface area contributed by atoms with E-state index in [4.69, 9.17) is 4.74 Å². The van der Waals surface area contributed by atoms with Crippen molar-refractivity contribution in [2.45, 2.75) is 32.7 Å². The number of nitrogens with zero attached hydrogens (tertiary/aromatic N) is 1. The maximum absolute atomic E-state index is 12.5. The van der Waals surface area contributed by atoms with Gasteiger partial charge in [0.15, 0.2) is 12.4 Å². The number of aromatic nitrogens is 1. The molecule has 0 spiro atoms. The lowest BCUT2D eigenvalue weighted by Gasteiger charge is -2.10. The molecule has 1 heterocycles. The van der Waals surface area contributed by atoms with Gasteiger partial charge in [0.2, 0.25) is 6.04 Å². The number of ether oxygens (including phenoxy) is 1. The van der Waals surface area contributed by atoms with Crippen molar-refractivity contribution in [1.29, 1.82) is 0 Å². The minimum atomic E-state index is -0.291. The Kier molecular flexibility index (Phi) is 6.21. The number of aryl methyl sites for hydroxylation is 1. The summed E-state index contributed by atoms with van der Waals surface area (Å²) in [6.45, 7) is 4.05. The standard InChI is InChI=1S/C23H24N2O2/c1-3-7-19-14-16-25(17-15-19)18(2)23(26)24-20-10-12-22(13-11-20)27-21-8-5-4-6-9-21/h4-6,8-18H,3,7H2,1-2H3/p+1/t18-/m1/s1. The van der Waals surface area contributed by atoms with Gasteiger partial charge in [-0.1, -0.05) is 31.5 Å². The summed E-state index contributed by atoms with van der Waals surface area (Å²) in [4.78, 5) is 12.5. The summed E-state index contributed by atoms with van der Waals surface area (Å²) in [6, 6.07) is 20.8. The van der Waals surface area contributed by atoms with E-state index in [1.165, 1.54) is 5.56 Å². The number of rotatable bonds is 7. The number of carbonyl (C=O) groups is 1. The zero-order chi connectivity index (χ0) is 19.1. The van der Waals surface area contributed by atoms with E-state index in [1.807, 2.05) is 78.5 Å². The molecule has 1 aromatic heterocycles. The lowest BCUT2D eigenvalue weighted by Crippen LogP contribution is -2.44. The van der Waals surface area contributed by atoms with Crippen LogP contribution in [0.1, 0.15) is 31.9 Å². The van der Waals surface area contributed by atoms with E-state index in [1.54, 1.807) is 0 Å². The Morgan fingerprint density at radius 1 is 0.963 bits per heavy atom. The highest BCUT2D eigenvalue weighted by Crippen LogP contribution is 2.22. The Balaban J connectivity index is 1.59. The second kappa shape index (κ2) is 8.99. The third-order valence-electron chi connectivity index (χ3n) is 4.39. The van der Waals surface area contributed by atoms with E-state index in [-0.39, 0.29) is 11.9 Å². The molecule has 0 fully saturated rings. The number of para-hydroxylation sites is 1. The molecule has 1 amide bonds. The van der Waals surface area contributed by atoms with E-state index in [0.29, 0.717) is 0 Å². The molecule has 3 rings (SSSR count). The first-order valence-corrected chi connectivity index (χ1v) is 9.29. The molecule has 27 heavy (non-hydrogen) atoms. The average molecular weight is 361 g/mol. The third kappa shape index (κ3) is 5.17. The number of benzene rings is 2. The smallest absolute Gasteiger partial charge is 0.293 e. The van der Waals surface area contributed by atoms with E-state index in [2.05, 4.69) is 24.4 Å². The predicted molar refractivity (Wildman–Crippen MR) is 107 cm³/mol. The van der Waals surface area contributed by atoms with Gasteiger partial charge in [-0.3, -0.25) is 4.79 Å². The lowest BCUT2D eigenvalue weighted by atomic mass is 10.1. The van der Waals surface area contributed by atoms with Crippen LogP contribution in [-0.2, 0) is 11.2 Å². The quantitative estimate of drug-likeness (QED) is 0.607. The lowest BCUT2D eigenvalue weighted by molar-refractivity contribution is -0.705. The van der Waals surface area contributed by atoms with Crippen LogP contribution in [0.4, 0.5) is 5.69 Å². The number of amides is 1.